The van der Waals surface area contributed by atoms with E-state index in [1.807, 2.05) is 0 Å². The van der Waals surface area contributed by atoms with Gasteiger partial charge in [0.1, 0.15) is 66.2 Å². The minimum atomic E-state index is -1.76. The highest BCUT2D eigenvalue weighted by Crippen LogP contribution is 2.29. The number of nitrogens with one attached hydrogen (secondary N) is 2. The maximum atomic E-state index is 13.2. The minimum absolute atomic E-state index is 0.0529. The van der Waals surface area contributed by atoms with Crippen molar-refractivity contribution < 1.29 is 58.5 Å². The Morgan fingerprint density at radius 2 is 1.96 bits per heavy atom. The number of benzene rings is 2. The molecule has 0 aliphatic carbocycles. The Morgan fingerprint density at radius 3 is 2.67 bits per heavy atom. The van der Waals surface area contributed by atoms with Gasteiger partial charge in [0.25, 0.3) is 0 Å². The van der Waals surface area contributed by atoms with Crippen LogP contribution in [0.3, 0.4) is 0 Å². The van der Waals surface area contributed by atoms with E-state index in [0.717, 1.165) is 11.3 Å². The lowest BCUT2D eigenvalue weighted by Crippen LogP contribution is -3.07. The van der Waals surface area contributed by atoms with E-state index < -0.39 is 55.3 Å². The standard InChI is InChI=1S/C31H29N3O12/c1-32-24(29(39)40)30(41)43-14-23-26(37)27(38)28(46-34-11-16-8-9-33-21(16)12-34)31(45-23)44-18-6-7-19-22(10-18)42-13-20(25(19)36)15-2-4-17(35)5-3-15/h2-11,13,23-24,26-28,31-32,35,37-38H,12,14H2,1H3,(H,39,40)/t23-,24-,26+,27-,28+,31+/m1/s1. The van der Waals surface area contributed by atoms with E-state index in [2.05, 4.69) is 10.3 Å². The summed E-state index contributed by atoms with van der Waals surface area (Å²) in [6.45, 7) is -0.307. The predicted octanol–water partition coefficient (Wildman–Crippen LogP) is -2.08. The van der Waals surface area contributed by atoms with E-state index in [0.29, 0.717) is 17.2 Å². The summed E-state index contributed by atoms with van der Waals surface area (Å²) in [5.41, 5.74) is 2.30. The fourth-order valence-corrected chi connectivity index (χ4v) is 5.30. The molecule has 0 bridgehead atoms. The number of hydrogen-bond donors (Lipinski definition) is 5. The van der Waals surface area contributed by atoms with Crippen molar-refractivity contribution >= 4 is 28.6 Å². The highest BCUT2D eigenvalue weighted by atomic mass is 16.8. The quantitative estimate of drug-likeness (QED) is 0.120. The monoisotopic (exact) mass is 635 g/mol. The molecule has 6 rings (SSSR count). The number of fused-ring (bicyclic) bond motifs is 2. The van der Waals surface area contributed by atoms with Crippen LogP contribution < -0.4 is 25.7 Å². The molecule has 7 atom stereocenters. The molecule has 3 aliphatic rings. The number of aromatic hydroxyl groups is 1. The molecule has 46 heavy (non-hydrogen) atoms. The summed E-state index contributed by atoms with van der Waals surface area (Å²) < 4.78 is 22.8. The van der Waals surface area contributed by atoms with Gasteiger partial charge in [-0.2, -0.15) is 9.90 Å². The van der Waals surface area contributed by atoms with Gasteiger partial charge in [-0.1, -0.05) is 12.1 Å². The Hall–Kier alpha value is -4.90. The number of likely N-dealkylation sites (N-methyl/N-ethyl adjacent to an activating group) is 1. The summed E-state index contributed by atoms with van der Waals surface area (Å²) >= 11 is 0. The topological polar surface area (TPSA) is 214 Å². The lowest BCUT2D eigenvalue weighted by Gasteiger charge is -2.41. The average Bonchev–Trinajstić information content (AvgIpc) is 3.63. The maximum Gasteiger partial charge on any atom is 0.329 e. The molecule has 1 aromatic heterocycles. The molecular formula is C31H29N3O12. The van der Waals surface area contributed by atoms with Crippen molar-refractivity contribution in [2.45, 2.75) is 36.7 Å². The summed E-state index contributed by atoms with van der Waals surface area (Å²) in [5.74, 6) is -2.69. The lowest BCUT2D eigenvalue weighted by molar-refractivity contribution is -1.05. The summed E-state index contributed by atoms with van der Waals surface area (Å²) in [5, 5.41) is 45.7. The van der Waals surface area contributed by atoms with Crippen LogP contribution in [-0.2, 0) is 23.9 Å². The van der Waals surface area contributed by atoms with Crippen LogP contribution in [-0.4, -0.2) is 89.9 Å². The fourth-order valence-electron chi connectivity index (χ4n) is 5.30. The first-order valence-electron chi connectivity index (χ1n) is 14.2. The van der Waals surface area contributed by atoms with Crippen LogP contribution >= 0.6 is 0 Å². The molecule has 15 nitrogen and oxygen atoms in total. The molecule has 1 fully saturated rings. The highest BCUT2D eigenvalue weighted by Gasteiger charge is 2.50. The zero-order chi connectivity index (χ0) is 32.5. The fraction of sp³-hybridized carbons (Fsp3) is 0.290. The molecule has 2 aromatic carbocycles. The van der Waals surface area contributed by atoms with Crippen molar-refractivity contribution in [3.63, 3.8) is 0 Å². The number of esters is 1. The van der Waals surface area contributed by atoms with Gasteiger partial charge in [-0.25, -0.2) is 4.79 Å². The number of aliphatic hydroxyl groups excluding tert-OH is 2. The molecule has 1 saturated heterocycles. The number of hydroxylamine groups is 2. The second-order valence-corrected chi connectivity index (χ2v) is 10.7. The summed E-state index contributed by atoms with van der Waals surface area (Å²) in [4.78, 5) is 47.0. The van der Waals surface area contributed by atoms with Gasteiger partial charge in [0.2, 0.25) is 12.4 Å². The van der Waals surface area contributed by atoms with E-state index in [-0.39, 0.29) is 33.5 Å². The number of aliphatic hydroxyl groups is 2. The second kappa shape index (κ2) is 12.8. The minimum Gasteiger partial charge on any atom is -0.548 e. The average molecular weight is 636 g/mol. The second-order valence-electron chi connectivity index (χ2n) is 10.7. The van der Waals surface area contributed by atoms with E-state index in [1.54, 1.807) is 30.6 Å². The Morgan fingerprint density at radius 1 is 1.17 bits per heavy atom. The van der Waals surface area contributed by atoms with Crippen LogP contribution in [0.4, 0.5) is 0 Å². The normalized spacial score (nSPS) is 25.9. The zero-order valence-electron chi connectivity index (χ0n) is 24.2. The molecule has 5 N–H and O–H groups in total. The van der Waals surface area contributed by atoms with Crippen molar-refractivity contribution in [3.05, 3.63) is 83.0 Å². The number of quaternary nitrogens is 1. The van der Waals surface area contributed by atoms with Crippen LogP contribution in [0.2, 0.25) is 0 Å². The third kappa shape index (κ3) is 6.15. The van der Waals surface area contributed by atoms with Crippen LogP contribution in [0.25, 0.3) is 22.1 Å². The number of hydrogen-bond acceptors (Lipinski definition) is 14. The van der Waals surface area contributed by atoms with Gasteiger partial charge in [0, 0.05) is 12.3 Å². The van der Waals surface area contributed by atoms with Crippen LogP contribution in [0.15, 0.2) is 87.0 Å². The number of carboxylic acids is 1. The highest BCUT2D eigenvalue weighted by molar-refractivity contribution is 6.06. The molecule has 0 saturated carbocycles. The first-order chi connectivity index (χ1) is 22.1. The number of carboxylic acid groups (broad SMARTS) is 1. The van der Waals surface area contributed by atoms with Gasteiger partial charge in [-0.15, -0.1) is 0 Å². The van der Waals surface area contributed by atoms with Crippen LogP contribution in [0.1, 0.15) is 0 Å². The number of carbonyl (C=O) groups is 2. The van der Waals surface area contributed by atoms with Gasteiger partial charge in [0.15, 0.2) is 12.0 Å². The number of allylic oxidation sites excluding steroid dienone is 1. The number of ether oxygens (including phenoxy) is 3. The molecule has 3 aliphatic heterocycles. The molecule has 4 heterocycles. The number of rotatable bonds is 10. The summed E-state index contributed by atoms with van der Waals surface area (Å²) in [6.07, 6.45) is -0.799. The van der Waals surface area contributed by atoms with E-state index in [4.69, 9.17) is 23.5 Å². The Bertz CT molecular complexity index is 1800. The van der Waals surface area contributed by atoms with Crippen LogP contribution in [0, 0.1) is 0 Å². The Kier molecular flexibility index (Phi) is 8.68. The van der Waals surface area contributed by atoms with Gasteiger partial charge in [-0.3, -0.25) is 9.79 Å². The molecule has 0 radical (unpaired) electrons. The zero-order valence-corrected chi connectivity index (χ0v) is 24.2. The maximum absolute atomic E-state index is 13.2. The van der Waals surface area contributed by atoms with Gasteiger partial charge < -0.3 is 49.2 Å². The van der Waals surface area contributed by atoms with Gasteiger partial charge in [0.05, 0.1) is 22.5 Å². The number of phenols is 1. The van der Waals surface area contributed by atoms with Crippen molar-refractivity contribution in [1.82, 2.24) is 5.32 Å². The summed E-state index contributed by atoms with van der Waals surface area (Å²) in [7, 11) is 1.23. The Labute approximate surface area is 260 Å². The SMILES string of the molecule is CN[C@H](C(=O)[O-])C(=O)OC[C@H]1O[C@H](Oc2ccc3c(=O)c(-c4ccc(O)cc4)coc3c2)[C@@H](O[NH+]2C=C3C=CN=C3C2)[C@H](O)[C@H]1O. The molecule has 240 valence electrons. The number of carbonyl (C=O) groups excluding carboxylic acids is 2. The van der Waals surface area contributed by atoms with E-state index >= 15 is 0 Å². The largest absolute Gasteiger partial charge is 0.548 e. The first-order valence-corrected chi connectivity index (χ1v) is 14.2. The number of phenolic OH excluding ortho intramolecular Hbond substituents is 1. The smallest absolute Gasteiger partial charge is 0.329 e. The van der Waals surface area contributed by atoms with Crippen molar-refractivity contribution in [2.24, 2.45) is 4.99 Å². The third-order valence-corrected chi connectivity index (χ3v) is 7.73. The van der Waals surface area contributed by atoms with E-state index in [9.17, 15) is 34.8 Å². The van der Waals surface area contributed by atoms with Crippen molar-refractivity contribution in [1.29, 1.82) is 0 Å². The van der Waals surface area contributed by atoms with Crippen molar-refractivity contribution in [2.75, 3.05) is 20.2 Å². The number of aliphatic carboxylic acids is 1. The lowest BCUT2D eigenvalue weighted by atomic mass is 9.99. The van der Waals surface area contributed by atoms with Crippen LogP contribution in [0.5, 0.6) is 11.5 Å². The molecule has 1 unspecified atom stereocenters. The molecule has 0 amide bonds. The van der Waals surface area contributed by atoms with Gasteiger partial charge in [-0.05, 0) is 43.0 Å². The van der Waals surface area contributed by atoms with E-state index in [1.165, 1.54) is 43.6 Å². The number of nitrogens with zero attached hydrogens (tertiary/aromatic N) is 1. The third-order valence-electron chi connectivity index (χ3n) is 7.73. The summed E-state index contributed by atoms with van der Waals surface area (Å²) in [6, 6.07) is 8.74. The van der Waals surface area contributed by atoms with Crippen molar-refractivity contribution in [3.8, 4) is 22.6 Å². The Balaban J connectivity index is 1.25. The number of aliphatic imine (C=N–C) groups is 1. The first kappa shape index (κ1) is 31.1. The predicted molar refractivity (Wildman–Crippen MR) is 155 cm³/mol. The molecule has 0 spiro atoms. The van der Waals surface area contributed by atoms with Gasteiger partial charge >= 0.3 is 5.97 Å². The molecule has 3 aromatic rings. The molecule has 15 heteroatoms. The molecular weight excluding hydrogens is 606 g/mol.